The van der Waals surface area contributed by atoms with Crippen molar-refractivity contribution < 1.29 is 0 Å². The molecule has 0 aliphatic heterocycles. The Kier molecular flexibility index (Phi) is 5.75. The van der Waals surface area contributed by atoms with Gasteiger partial charge in [0, 0.05) is 25.0 Å². The van der Waals surface area contributed by atoms with Gasteiger partial charge in [-0.15, -0.1) is 0 Å². The zero-order chi connectivity index (χ0) is 14.2. The molecule has 2 nitrogen and oxygen atoms in total. The van der Waals surface area contributed by atoms with Crippen LogP contribution in [0, 0.1) is 6.92 Å². The summed E-state index contributed by atoms with van der Waals surface area (Å²) in [6, 6.07) is 13.2. The molecule has 0 saturated heterocycles. The van der Waals surface area contributed by atoms with Crippen molar-refractivity contribution in [3.63, 3.8) is 0 Å². The number of benzene rings is 1. The maximum Gasteiger partial charge on any atom is 0.0323 e. The second kappa shape index (κ2) is 7.81. The van der Waals surface area contributed by atoms with Crippen molar-refractivity contribution in [1.82, 2.24) is 10.3 Å². The van der Waals surface area contributed by atoms with E-state index in [0.29, 0.717) is 6.04 Å². The summed E-state index contributed by atoms with van der Waals surface area (Å²) in [7, 11) is 0. The van der Waals surface area contributed by atoms with E-state index in [1.165, 1.54) is 36.0 Å². The minimum atomic E-state index is 0.427. The van der Waals surface area contributed by atoms with Crippen molar-refractivity contribution in [1.29, 1.82) is 0 Å². The number of nitrogens with zero attached hydrogens (tertiary/aromatic N) is 1. The maximum absolute atomic E-state index is 4.22. The van der Waals surface area contributed by atoms with Gasteiger partial charge >= 0.3 is 0 Å². The van der Waals surface area contributed by atoms with Crippen LogP contribution >= 0.6 is 0 Å². The van der Waals surface area contributed by atoms with Gasteiger partial charge in [0.2, 0.25) is 0 Å². The molecule has 2 aromatic rings. The normalized spacial score (nSPS) is 12.3. The van der Waals surface area contributed by atoms with Gasteiger partial charge in [-0.3, -0.25) is 4.98 Å². The predicted molar refractivity (Wildman–Crippen MR) is 84.5 cm³/mol. The number of rotatable bonds is 7. The lowest BCUT2D eigenvalue weighted by atomic mass is 10.0. The second-order valence-electron chi connectivity index (χ2n) is 5.29. The highest BCUT2D eigenvalue weighted by Gasteiger charge is 2.10. The third-order valence-corrected chi connectivity index (χ3v) is 3.73. The molecule has 1 heterocycles. The SMILES string of the molecule is CCCCC(NCc1cnccc1C)c1ccccc1. The van der Waals surface area contributed by atoms with Crippen LogP contribution in [0.5, 0.6) is 0 Å². The highest BCUT2D eigenvalue weighted by Crippen LogP contribution is 2.20. The molecule has 1 aromatic carbocycles. The second-order valence-corrected chi connectivity index (χ2v) is 5.29. The lowest BCUT2D eigenvalue weighted by Gasteiger charge is -2.19. The molecule has 0 radical (unpaired) electrons. The van der Waals surface area contributed by atoms with Gasteiger partial charge in [-0.2, -0.15) is 0 Å². The lowest BCUT2D eigenvalue weighted by Crippen LogP contribution is -2.21. The Balaban J connectivity index is 2.03. The van der Waals surface area contributed by atoms with Gasteiger partial charge in [0.25, 0.3) is 0 Å². The number of hydrogen-bond acceptors (Lipinski definition) is 2. The average Bonchev–Trinajstić information content (AvgIpc) is 2.50. The van der Waals surface area contributed by atoms with E-state index in [-0.39, 0.29) is 0 Å². The summed E-state index contributed by atoms with van der Waals surface area (Å²) >= 11 is 0. The number of unbranched alkanes of at least 4 members (excludes halogenated alkanes) is 1. The Morgan fingerprint density at radius 3 is 2.65 bits per heavy atom. The van der Waals surface area contributed by atoms with E-state index >= 15 is 0 Å². The summed E-state index contributed by atoms with van der Waals surface area (Å²) in [6.07, 6.45) is 7.48. The van der Waals surface area contributed by atoms with E-state index < -0.39 is 0 Å². The van der Waals surface area contributed by atoms with Gasteiger partial charge in [-0.25, -0.2) is 0 Å². The minimum absolute atomic E-state index is 0.427. The van der Waals surface area contributed by atoms with Crippen LogP contribution in [0.4, 0.5) is 0 Å². The summed E-state index contributed by atoms with van der Waals surface area (Å²) in [5.41, 5.74) is 3.96. The fraction of sp³-hybridized carbons (Fsp3) is 0.389. The van der Waals surface area contributed by atoms with E-state index in [1.807, 2.05) is 12.4 Å². The summed E-state index contributed by atoms with van der Waals surface area (Å²) < 4.78 is 0. The van der Waals surface area contributed by atoms with Crippen LogP contribution in [0.3, 0.4) is 0 Å². The van der Waals surface area contributed by atoms with Crippen LogP contribution in [0.15, 0.2) is 48.8 Å². The Morgan fingerprint density at radius 1 is 1.15 bits per heavy atom. The molecule has 20 heavy (non-hydrogen) atoms. The molecule has 0 spiro atoms. The first-order chi connectivity index (χ1) is 9.81. The maximum atomic E-state index is 4.22. The van der Waals surface area contributed by atoms with Crippen molar-refractivity contribution in [2.75, 3.05) is 0 Å². The third kappa shape index (κ3) is 4.17. The fourth-order valence-electron chi connectivity index (χ4n) is 2.40. The summed E-state index contributed by atoms with van der Waals surface area (Å²) in [5.74, 6) is 0. The predicted octanol–water partition coefficient (Wildman–Crippen LogP) is 4.41. The van der Waals surface area contributed by atoms with Gasteiger partial charge in [-0.1, -0.05) is 50.1 Å². The lowest BCUT2D eigenvalue weighted by molar-refractivity contribution is 0.479. The van der Waals surface area contributed by atoms with Gasteiger partial charge in [0.1, 0.15) is 0 Å². The topological polar surface area (TPSA) is 24.9 Å². The van der Waals surface area contributed by atoms with Crippen molar-refractivity contribution in [2.24, 2.45) is 0 Å². The number of aromatic nitrogens is 1. The average molecular weight is 268 g/mol. The van der Waals surface area contributed by atoms with Crippen LogP contribution in [0.25, 0.3) is 0 Å². The number of hydrogen-bond donors (Lipinski definition) is 1. The Labute approximate surface area is 122 Å². The molecule has 2 heteroatoms. The van der Waals surface area contributed by atoms with Crippen LogP contribution < -0.4 is 5.32 Å². The largest absolute Gasteiger partial charge is 0.306 e. The monoisotopic (exact) mass is 268 g/mol. The van der Waals surface area contributed by atoms with E-state index in [1.54, 1.807) is 0 Å². The molecule has 0 aliphatic carbocycles. The van der Waals surface area contributed by atoms with Crippen LogP contribution in [-0.2, 0) is 6.54 Å². The highest BCUT2D eigenvalue weighted by atomic mass is 14.9. The molecule has 0 amide bonds. The summed E-state index contributed by atoms with van der Waals surface area (Å²) in [6.45, 7) is 5.26. The summed E-state index contributed by atoms with van der Waals surface area (Å²) in [4.78, 5) is 4.22. The van der Waals surface area contributed by atoms with Crippen molar-refractivity contribution in [3.8, 4) is 0 Å². The third-order valence-electron chi connectivity index (χ3n) is 3.73. The standard InChI is InChI=1S/C18H24N2/c1-3-4-10-18(16-8-6-5-7-9-16)20-14-17-13-19-12-11-15(17)2/h5-9,11-13,18,20H,3-4,10,14H2,1-2H3. The van der Waals surface area contributed by atoms with Crippen molar-refractivity contribution in [3.05, 3.63) is 65.5 Å². The Morgan fingerprint density at radius 2 is 1.95 bits per heavy atom. The quantitative estimate of drug-likeness (QED) is 0.804. The molecule has 1 unspecified atom stereocenters. The molecule has 0 aliphatic rings. The Bertz CT molecular complexity index is 508. The van der Waals surface area contributed by atoms with Gasteiger partial charge in [0.15, 0.2) is 0 Å². The van der Waals surface area contributed by atoms with E-state index in [4.69, 9.17) is 0 Å². The Hall–Kier alpha value is -1.67. The molecule has 1 atom stereocenters. The van der Waals surface area contributed by atoms with Gasteiger partial charge < -0.3 is 5.32 Å². The van der Waals surface area contributed by atoms with E-state index in [0.717, 1.165) is 6.54 Å². The first-order valence-corrected chi connectivity index (χ1v) is 7.49. The zero-order valence-electron chi connectivity index (χ0n) is 12.5. The van der Waals surface area contributed by atoms with E-state index in [2.05, 4.69) is 60.5 Å². The molecule has 2 rings (SSSR count). The molecule has 0 fully saturated rings. The minimum Gasteiger partial charge on any atom is -0.306 e. The highest BCUT2D eigenvalue weighted by molar-refractivity contribution is 5.23. The zero-order valence-corrected chi connectivity index (χ0v) is 12.5. The molecule has 1 N–H and O–H groups in total. The van der Waals surface area contributed by atoms with Crippen molar-refractivity contribution in [2.45, 2.75) is 45.7 Å². The molecular weight excluding hydrogens is 244 g/mol. The van der Waals surface area contributed by atoms with Crippen LogP contribution in [0.2, 0.25) is 0 Å². The number of nitrogens with one attached hydrogen (secondary N) is 1. The smallest absolute Gasteiger partial charge is 0.0323 e. The van der Waals surface area contributed by atoms with Gasteiger partial charge in [0.05, 0.1) is 0 Å². The fourth-order valence-corrected chi connectivity index (χ4v) is 2.40. The first kappa shape index (κ1) is 14.7. The number of pyridine rings is 1. The summed E-state index contributed by atoms with van der Waals surface area (Å²) in [5, 5.41) is 3.69. The molecule has 106 valence electrons. The molecule has 0 bridgehead atoms. The first-order valence-electron chi connectivity index (χ1n) is 7.49. The molecule has 0 saturated carbocycles. The molecular formula is C18H24N2. The molecule has 1 aromatic heterocycles. The van der Waals surface area contributed by atoms with Crippen molar-refractivity contribution >= 4 is 0 Å². The van der Waals surface area contributed by atoms with Crippen LogP contribution in [-0.4, -0.2) is 4.98 Å². The van der Waals surface area contributed by atoms with E-state index in [9.17, 15) is 0 Å². The number of aryl methyl sites for hydroxylation is 1. The van der Waals surface area contributed by atoms with Gasteiger partial charge in [-0.05, 0) is 36.1 Å². The van der Waals surface area contributed by atoms with Crippen LogP contribution in [0.1, 0.15) is 48.9 Å².